The summed E-state index contributed by atoms with van der Waals surface area (Å²) >= 11 is 0. The number of carbonyl (C=O) groups is 1. The number of carbonyl (C=O) groups excluding carboxylic acids is 1. The Bertz CT molecular complexity index is 1100. The highest BCUT2D eigenvalue weighted by molar-refractivity contribution is 7.91. The molecule has 3 aromatic rings. The van der Waals surface area contributed by atoms with E-state index in [-0.39, 0.29) is 17.3 Å². The van der Waals surface area contributed by atoms with Crippen molar-refractivity contribution in [3.05, 3.63) is 95.5 Å². The minimum atomic E-state index is -3.77. The van der Waals surface area contributed by atoms with E-state index < -0.39 is 15.1 Å². The summed E-state index contributed by atoms with van der Waals surface area (Å²) in [5.41, 5.74) is 2.39. The van der Waals surface area contributed by atoms with E-state index in [1.807, 2.05) is 43.3 Å². The predicted octanol–water partition coefficient (Wildman–Crippen LogP) is 4.24. The van der Waals surface area contributed by atoms with Gasteiger partial charge in [0.05, 0.1) is 11.2 Å². The van der Waals surface area contributed by atoms with Crippen molar-refractivity contribution in [2.24, 2.45) is 0 Å². The van der Waals surface area contributed by atoms with Crippen LogP contribution in [0.4, 0.5) is 0 Å². The van der Waals surface area contributed by atoms with Gasteiger partial charge in [0, 0.05) is 12.6 Å². The van der Waals surface area contributed by atoms with Crippen molar-refractivity contribution >= 4 is 21.8 Å². The van der Waals surface area contributed by atoms with Crippen LogP contribution in [0, 0.1) is 13.8 Å². The minimum Gasteiger partial charge on any atom is -0.468 e. The molecule has 1 heterocycles. The average molecular weight is 410 g/mol. The molecule has 0 unspecified atom stereocenters. The molecule has 1 N–H and O–H groups in total. The van der Waals surface area contributed by atoms with Gasteiger partial charge in [-0.1, -0.05) is 42.5 Å². The first kappa shape index (κ1) is 20.6. The first-order valence-electron chi connectivity index (χ1n) is 9.23. The van der Waals surface area contributed by atoms with Crippen molar-refractivity contribution in [3.8, 4) is 0 Å². The summed E-state index contributed by atoms with van der Waals surface area (Å²) in [7, 11) is -3.77. The van der Waals surface area contributed by atoms with Crippen LogP contribution in [0.3, 0.4) is 0 Å². The van der Waals surface area contributed by atoms with Crippen LogP contribution in [0.15, 0.2) is 82.3 Å². The van der Waals surface area contributed by atoms with Crippen molar-refractivity contribution in [3.63, 3.8) is 0 Å². The normalized spacial score (nSPS) is 12.8. The smallest absolute Gasteiger partial charge is 0.244 e. The highest BCUT2D eigenvalue weighted by atomic mass is 32.2. The molecule has 3 rings (SSSR count). The summed E-state index contributed by atoms with van der Waals surface area (Å²) in [4.78, 5) is 12.5. The molecule has 150 valence electrons. The number of aryl methyl sites for hydroxylation is 2. The van der Waals surface area contributed by atoms with E-state index in [4.69, 9.17) is 4.42 Å². The lowest BCUT2D eigenvalue weighted by Gasteiger charge is -2.18. The number of amides is 1. The van der Waals surface area contributed by atoms with Crippen LogP contribution >= 0.6 is 0 Å². The fourth-order valence-corrected chi connectivity index (χ4v) is 4.91. The minimum absolute atomic E-state index is 0.0960. The van der Waals surface area contributed by atoms with Crippen LogP contribution in [0.5, 0.6) is 0 Å². The average Bonchev–Trinajstić information content (AvgIpc) is 3.23. The summed E-state index contributed by atoms with van der Waals surface area (Å²) < 4.78 is 32.1. The number of hydrogen-bond donors (Lipinski definition) is 1. The fourth-order valence-electron chi connectivity index (χ4n) is 2.99. The number of rotatable bonds is 7. The van der Waals surface area contributed by atoms with Crippen LogP contribution < -0.4 is 5.32 Å². The molecule has 1 aromatic heterocycles. The molecule has 0 spiro atoms. The Balaban J connectivity index is 1.82. The molecule has 0 saturated heterocycles. The molecule has 0 saturated carbocycles. The zero-order valence-electron chi connectivity index (χ0n) is 16.3. The molecule has 0 radical (unpaired) electrons. The van der Waals surface area contributed by atoms with Crippen molar-refractivity contribution in [2.75, 3.05) is 6.54 Å². The van der Waals surface area contributed by atoms with Crippen LogP contribution in [0.25, 0.3) is 6.08 Å². The number of sulfone groups is 1. The zero-order chi connectivity index (χ0) is 20.9. The molecule has 0 fully saturated rings. The second-order valence-electron chi connectivity index (χ2n) is 6.81. The highest BCUT2D eigenvalue weighted by Gasteiger charge is 2.32. The molecule has 1 amide bonds. The zero-order valence-corrected chi connectivity index (χ0v) is 17.1. The Labute approximate surface area is 171 Å². The van der Waals surface area contributed by atoms with Crippen LogP contribution in [-0.4, -0.2) is 20.9 Å². The van der Waals surface area contributed by atoms with E-state index in [1.165, 1.54) is 12.3 Å². The van der Waals surface area contributed by atoms with Crippen molar-refractivity contribution < 1.29 is 17.6 Å². The molecule has 1 atom stereocenters. The Morgan fingerprint density at radius 1 is 1.07 bits per heavy atom. The largest absolute Gasteiger partial charge is 0.468 e. The lowest BCUT2D eigenvalue weighted by molar-refractivity contribution is -0.116. The molecule has 5 nitrogen and oxygen atoms in total. The van der Waals surface area contributed by atoms with Crippen LogP contribution in [0.2, 0.25) is 0 Å². The first-order chi connectivity index (χ1) is 13.9. The molecule has 0 bridgehead atoms. The maximum Gasteiger partial charge on any atom is 0.244 e. The van der Waals surface area contributed by atoms with E-state index in [1.54, 1.807) is 37.3 Å². The van der Waals surface area contributed by atoms with Gasteiger partial charge in [-0.05, 0) is 54.8 Å². The molecular weight excluding hydrogens is 386 g/mol. The second-order valence-corrected chi connectivity index (χ2v) is 8.91. The van der Waals surface area contributed by atoms with Gasteiger partial charge in [-0.15, -0.1) is 0 Å². The van der Waals surface area contributed by atoms with Gasteiger partial charge in [0.15, 0.2) is 9.84 Å². The number of hydrogen-bond acceptors (Lipinski definition) is 4. The maximum absolute atomic E-state index is 13.4. The summed E-state index contributed by atoms with van der Waals surface area (Å²) in [6.07, 6.45) is 4.49. The quantitative estimate of drug-likeness (QED) is 0.592. The number of benzene rings is 2. The Hall–Kier alpha value is -3.12. The Morgan fingerprint density at radius 3 is 2.52 bits per heavy atom. The van der Waals surface area contributed by atoms with Crippen LogP contribution in [-0.2, 0) is 14.6 Å². The lowest BCUT2D eigenvalue weighted by Crippen LogP contribution is -2.31. The van der Waals surface area contributed by atoms with Gasteiger partial charge in [-0.3, -0.25) is 4.79 Å². The van der Waals surface area contributed by atoms with E-state index in [9.17, 15) is 13.2 Å². The first-order valence-corrected chi connectivity index (χ1v) is 10.8. The van der Waals surface area contributed by atoms with Gasteiger partial charge in [0.2, 0.25) is 5.91 Å². The summed E-state index contributed by atoms with van der Waals surface area (Å²) in [6.45, 7) is 3.50. The predicted molar refractivity (Wildman–Crippen MR) is 113 cm³/mol. The van der Waals surface area contributed by atoms with Gasteiger partial charge in [-0.2, -0.15) is 0 Å². The lowest BCUT2D eigenvalue weighted by atomic mass is 10.2. The maximum atomic E-state index is 13.4. The van der Waals surface area contributed by atoms with Gasteiger partial charge < -0.3 is 9.73 Å². The number of nitrogens with one attached hydrogen (secondary N) is 1. The number of furan rings is 1. The van der Waals surface area contributed by atoms with Crippen molar-refractivity contribution in [1.29, 1.82) is 0 Å². The summed E-state index contributed by atoms with van der Waals surface area (Å²) in [5, 5.41) is 1.67. The van der Waals surface area contributed by atoms with Gasteiger partial charge in [-0.25, -0.2) is 8.42 Å². The Morgan fingerprint density at radius 2 is 1.83 bits per heavy atom. The third-order valence-corrected chi connectivity index (χ3v) is 6.77. The van der Waals surface area contributed by atoms with E-state index in [2.05, 4.69) is 5.32 Å². The molecule has 0 aliphatic rings. The third kappa shape index (κ3) is 5.03. The molecule has 0 aliphatic heterocycles. The van der Waals surface area contributed by atoms with E-state index in [0.29, 0.717) is 11.3 Å². The SMILES string of the molecule is Cc1ccc(C)c(S(=O)(=O)[C@H](CNC(=O)/C=C/c2ccccc2)c2ccco2)c1. The fraction of sp³-hybridized carbons (Fsp3) is 0.174. The van der Waals surface area contributed by atoms with Crippen molar-refractivity contribution in [1.82, 2.24) is 5.32 Å². The molecule has 2 aromatic carbocycles. The third-order valence-electron chi connectivity index (χ3n) is 4.57. The van der Waals surface area contributed by atoms with E-state index >= 15 is 0 Å². The van der Waals surface area contributed by atoms with Gasteiger partial charge >= 0.3 is 0 Å². The standard InChI is InChI=1S/C23H23NO4S/c1-17-10-11-18(2)21(15-17)29(26,27)22(20-9-6-14-28-20)16-24-23(25)13-12-19-7-4-3-5-8-19/h3-15,22H,16H2,1-2H3,(H,24,25)/b13-12+/t22-/m1/s1. The van der Waals surface area contributed by atoms with Crippen molar-refractivity contribution in [2.45, 2.75) is 24.0 Å². The molecule has 0 aliphatic carbocycles. The summed E-state index contributed by atoms with van der Waals surface area (Å²) in [6, 6.07) is 17.9. The highest BCUT2D eigenvalue weighted by Crippen LogP contribution is 2.31. The molecular formula is C23H23NO4S. The monoisotopic (exact) mass is 409 g/mol. The van der Waals surface area contributed by atoms with Gasteiger partial charge in [0.1, 0.15) is 11.0 Å². The summed E-state index contributed by atoms with van der Waals surface area (Å²) in [5.74, 6) is -0.0835. The Kier molecular flexibility index (Phi) is 6.34. The molecule has 29 heavy (non-hydrogen) atoms. The van der Waals surface area contributed by atoms with Crippen LogP contribution in [0.1, 0.15) is 27.7 Å². The topological polar surface area (TPSA) is 76.4 Å². The second kappa shape index (κ2) is 8.92. The van der Waals surface area contributed by atoms with Gasteiger partial charge in [0.25, 0.3) is 0 Å². The van der Waals surface area contributed by atoms with E-state index in [0.717, 1.165) is 11.1 Å². The molecule has 6 heteroatoms.